The van der Waals surface area contributed by atoms with Crippen molar-refractivity contribution in [2.24, 2.45) is 5.92 Å². The van der Waals surface area contributed by atoms with Crippen LogP contribution in [0.2, 0.25) is 0 Å². The average molecular weight is 452 g/mol. The zero-order valence-corrected chi connectivity index (χ0v) is 18.2. The van der Waals surface area contributed by atoms with E-state index in [1.165, 1.54) is 6.07 Å². The molecule has 5 rings (SSSR count). The minimum Gasteiger partial charge on any atom is -0.355 e. The number of para-hydroxylation sites is 1. The number of rotatable bonds is 3. The van der Waals surface area contributed by atoms with Crippen LogP contribution in [0.1, 0.15) is 35.6 Å². The predicted octanol–water partition coefficient (Wildman–Crippen LogP) is 4.70. The van der Waals surface area contributed by atoms with Crippen molar-refractivity contribution in [1.29, 1.82) is 5.26 Å². The first-order valence-electron chi connectivity index (χ1n) is 11.0. The number of nitrogens with zero attached hydrogens (tertiary/aromatic N) is 6. The molecule has 1 aromatic carbocycles. The van der Waals surface area contributed by atoms with Gasteiger partial charge in [-0.1, -0.05) is 12.1 Å². The van der Waals surface area contributed by atoms with Crippen LogP contribution in [0.3, 0.4) is 0 Å². The zero-order chi connectivity index (χ0) is 23.2. The van der Waals surface area contributed by atoms with E-state index in [2.05, 4.69) is 25.9 Å². The molecule has 2 fully saturated rings. The second-order valence-corrected chi connectivity index (χ2v) is 8.76. The van der Waals surface area contributed by atoms with Gasteiger partial charge in [0.1, 0.15) is 5.82 Å². The molecule has 0 spiro atoms. The van der Waals surface area contributed by atoms with Gasteiger partial charge in [-0.2, -0.15) is 18.4 Å². The van der Waals surface area contributed by atoms with Gasteiger partial charge in [0.05, 0.1) is 22.8 Å². The van der Waals surface area contributed by atoms with Gasteiger partial charge in [-0.15, -0.1) is 0 Å². The van der Waals surface area contributed by atoms with Crippen LogP contribution in [-0.4, -0.2) is 41.1 Å². The Morgan fingerprint density at radius 2 is 1.76 bits per heavy atom. The Balaban J connectivity index is 1.38. The molecule has 2 aliphatic rings. The lowest BCUT2D eigenvalue weighted by molar-refractivity contribution is -0.136. The Morgan fingerprint density at radius 3 is 2.45 bits per heavy atom. The highest BCUT2D eigenvalue weighted by atomic mass is 19.4. The van der Waals surface area contributed by atoms with Crippen molar-refractivity contribution < 1.29 is 13.2 Å². The maximum Gasteiger partial charge on any atom is 0.418 e. The summed E-state index contributed by atoms with van der Waals surface area (Å²) in [5, 5.41) is 9.64. The molecule has 0 N–H and O–H groups in total. The van der Waals surface area contributed by atoms with E-state index in [1.54, 1.807) is 24.5 Å². The molecule has 0 saturated carbocycles. The van der Waals surface area contributed by atoms with Crippen molar-refractivity contribution in [1.82, 2.24) is 15.0 Å². The minimum atomic E-state index is -4.45. The van der Waals surface area contributed by atoms with Crippen molar-refractivity contribution in [3.8, 4) is 6.07 Å². The molecule has 0 aliphatic carbocycles. The maximum absolute atomic E-state index is 13.5. The van der Waals surface area contributed by atoms with E-state index in [4.69, 9.17) is 5.26 Å². The van der Waals surface area contributed by atoms with Crippen LogP contribution in [0.25, 0.3) is 10.9 Å². The highest BCUT2D eigenvalue weighted by molar-refractivity contribution is 5.85. The monoisotopic (exact) mass is 452 g/mol. The lowest BCUT2D eigenvalue weighted by Gasteiger charge is -2.42. The zero-order valence-electron chi connectivity index (χ0n) is 18.2. The van der Waals surface area contributed by atoms with Crippen LogP contribution in [0.4, 0.5) is 24.8 Å². The Morgan fingerprint density at radius 1 is 1.03 bits per heavy atom. The smallest absolute Gasteiger partial charge is 0.355 e. The van der Waals surface area contributed by atoms with E-state index in [-0.39, 0.29) is 17.4 Å². The van der Waals surface area contributed by atoms with E-state index < -0.39 is 11.7 Å². The Kier molecular flexibility index (Phi) is 5.31. The maximum atomic E-state index is 13.5. The summed E-state index contributed by atoms with van der Waals surface area (Å²) in [5.74, 6) is 1.64. The molecule has 33 heavy (non-hydrogen) atoms. The van der Waals surface area contributed by atoms with E-state index >= 15 is 0 Å². The van der Waals surface area contributed by atoms with Crippen LogP contribution >= 0.6 is 0 Å². The Bertz CT molecular complexity index is 1220. The summed E-state index contributed by atoms with van der Waals surface area (Å²) in [6.07, 6.45) is 0.526. The molecule has 170 valence electrons. The molecule has 2 saturated heterocycles. The SMILES string of the molecule is Cc1cc2cccc(C(F)(F)F)c2nc1N1CC(c2nccnc2N2CCC(C#N)CC2)C1. The number of fused-ring (bicyclic) bond motifs is 1. The largest absolute Gasteiger partial charge is 0.418 e. The Hall–Kier alpha value is -3.41. The van der Waals surface area contributed by atoms with Crippen molar-refractivity contribution in [3.05, 3.63) is 53.5 Å². The summed E-state index contributed by atoms with van der Waals surface area (Å²) in [6, 6.07) is 8.27. The van der Waals surface area contributed by atoms with Crippen LogP contribution < -0.4 is 9.80 Å². The van der Waals surface area contributed by atoms with Gasteiger partial charge in [0.2, 0.25) is 0 Å². The van der Waals surface area contributed by atoms with Gasteiger partial charge in [-0.3, -0.25) is 4.98 Å². The molecule has 2 aromatic heterocycles. The second-order valence-electron chi connectivity index (χ2n) is 8.76. The average Bonchev–Trinajstić information content (AvgIpc) is 2.78. The molecule has 0 radical (unpaired) electrons. The predicted molar refractivity (Wildman–Crippen MR) is 119 cm³/mol. The fourth-order valence-electron chi connectivity index (χ4n) is 4.76. The van der Waals surface area contributed by atoms with Gasteiger partial charge in [0, 0.05) is 55.8 Å². The molecule has 0 unspecified atom stereocenters. The lowest BCUT2D eigenvalue weighted by atomic mass is 9.93. The summed E-state index contributed by atoms with van der Waals surface area (Å²) in [4.78, 5) is 17.8. The fourth-order valence-corrected chi connectivity index (χ4v) is 4.76. The van der Waals surface area contributed by atoms with Crippen molar-refractivity contribution in [3.63, 3.8) is 0 Å². The first-order valence-corrected chi connectivity index (χ1v) is 11.0. The third kappa shape index (κ3) is 3.94. The molecular formula is C24H23F3N6. The number of aryl methyl sites for hydroxylation is 1. The standard InChI is InChI=1S/C24H23F3N6/c1-15-11-17-3-2-4-19(24(25,26)27)20(17)31-22(15)33-13-18(14-33)21-23(30-8-7-29-21)32-9-5-16(12-28)6-10-32/h2-4,7-8,11,16,18H,5-6,9-10,13-14H2,1H3. The second kappa shape index (κ2) is 8.18. The summed E-state index contributed by atoms with van der Waals surface area (Å²) < 4.78 is 40.5. The normalized spacial score (nSPS) is 17.8. The summed E-state index contributed by atoms with van der Waals surface area (Å²) in [5.41, 5.74) is 1.02. The molecular weight excluding hydrogens is 429 g/mol. The molecule has 2 aliphatic heterocycles. The summed E-state index contributed by atoms with van der Waals surface area (Å²) >= 11 is 0. The van der Waals surface area contributed by atoms with Gasteiger partial charge in [-0.05, 0) is 37.5 Å². The molecule has 0 amide bonds. The number of halogens is 3. The quantitative estimate of drug-likeness (QED) is 0.574. The van der Waals surface area contributed by atoms with Crippen LogP contribution in [0, 0.1) is 24.2 Å². The van der Waals surface area contributed by atoms with Crippen molar-refractivity contribution in [2.45, 2.75) is 31.9 Å². The highest BCUT2D eigenvalue weighted by Crippen LogP contribution is 2.39. The van der Waals surface area contributed by atoms with Crippen LogP contribution in [-0.2, 0) is 6.18 Å². The van der Waals surface area contributed by atoms with Gasteiger partial charge in [0.25, 0.3) is 0 Å². The first-order chi connectivity index (χ1) is 15.8. The van der Waals surface area contributed by atoms with Gasteiger partial charge in [0.15, 0.2) is 5.82 Å². The number of alkyl halides is 3. The topological polar surface area (TPSA) is 68.9 Å². The van der Waals surface area contributed by atoms with Gasteiger partial charge < -0.3 is 9.80 Å². The van der Waals surface area contributed by atoms with Gasteiger partial charge in [-0.25, -0.2) is 9.97 Å². The summed E-state index contributed by atoms with van der Waals surface area (Å²) in [6.45, 7) is 4.65. The van der Waals surface area contributed by atoms with E-state index in [0.29, 0.717) is 24.3 Å². The molecule has 6 nitrogen and oxygen atoms in total. The van der Waals surface area contributed by atoms with E-state index in [9.17, 15) is 13.2 Å². The first kappa shape index (κ1) is 21.4. The fraction of sp³-hybridized carbons (Fsp3) is 0.417. The number of benzene rings is 1. The van der Waals surface area contributed by atoms with E-state index in [0.717, 1.165) is 49.1 Å². The number of piperidine rings is 1. The number of pyridine rings is 1. The van der Waals surface area contributed by atoms with Crippen molar-refractivity contribution >= 4 is 22.5 Å². The Labute approximate surface area is 189 Å². The number of hydrogen-bond donors (Lipinski definition) is 0. The molecule has 0 bridgehead atoms. The molecule has 3 aromatic rings. The van der Waals surface area contributed by atoms with Crippen LogP contribution in [0.15, 0.2) is 36.7 Å². The van der Waals surface area contributed by atoms with E-state index in [1.807, 2.05) is 11.8 Å². The molecule has 0 atom stereocenters. The minimum absolute atomic E-state index is 0.0189. The number of anilines is 2. The van der Waals surface area contributed by atoms with Crippen LogP contribution in [0.5, 0.6) is 0 Å². The number of nitriles is 1. The van der Waals surface area contributed by atoms with Gasteiger partial charge >= 0.3 is 6.18 Å². The number of aromatic nitrogens is 3. The molecule has 4 heterocycles. The third-order valence-electron chi connectivity index (χ3n) is 6.57. The highest BCUT2D eigenvalue weighted by Gasteiger charge is 2.36. The molecule has 9 heteroatoms. The van der Waals surface area contributed by atoms with Crippen molar-refractivity contribution in [2.75, 3.05) is 36.0 Å². The number of hydrogen-bond acceptors (Lipinski definition) is 6. The summed E-state index contributed by atoms with van der Waals surface area (Å²) in [7, 11) is 0. The third-order valence-corrected chi connectivity index (χ3v) is 6.57. The lowest BCUT2D eigenvalue weighted by Crippen LogP contribution is -2.47.